The average Bonchev–Trinajstić information content (AvgIpc) is 3.10. The highest BCUT2D eigenvalue weighted by molar-refractivity contribution is 6.01. The van der Waals surface area contributed by atoms with Crippen molar-refractivity contribution in [3.05, 3.63) is 24.3 Å². The van der Waals surface area contributed by atoms with E-state index in [1.54, 1.807) is 0 Å². The van der Waals surface area contributed by atoms with Crippen LogP contribution >= 0.6 is 0 Å². The first-order chi connectivity index (χ1) is 9.34. The van der Waals surface area contributed by atoms with Gasteiger partial charge in [-0.1, -0.05) is 5.10 Å². The van der Waals surface area contributed by atoms with Crippen molar-refractivity contribution in [2.75, 3.05) is 23.4 Å². The van der Waals surface area contributed by atoms with E-state index >= 15 is 0 Å². The van der Waals surface area contributed by atoms with Crippen molar-refractivity contribution in [1.29, 1.82) is 0 Å². The fourth-order valence-electron chi connectivity index (χ4n) is 1.92. The third kappa shape index (κ3) is 2.34. The molecule has 19 heavy (non-hydrogen) atoms. The lowest BCUT2D eigenvalue weighted by molar-refractivity contribution is 0.102. The summed E-state index contributed by atoms with van der Waals surface area (Å²) in [5.74, 6) is -0.0964. The van der Waals surface area contributed by atoms with Gasteiger partial charge in [-0.25, -0.2) is 4.98 Å². The molecule has 1 amide bonds. The summed E-state index contributed by atoms with van der Waals surface area (Å²) < 4.78 is 0. The van der Waals surface area contributed by atoms with Crippen molar-refractivity contribution in [3.63, 3.8) is 0 Å². The number of nitrogens with one attached hydrogen (secondary N) is 1. The number of nitrogens with zero attached hydrogens (tertiary/aromatic N) is 7. The van der Waals surface area contributed by atoms with Gasteiger partial charge in [-0.2, -0.15) is 0 Å². The monoisotopic (exact) mass is 260 g/mol. The van der Waals surface area contributed by atoms with Gasteiger partial charge in [0.15, 0.2) is 0 Å². The summed E-state index contributed by atoms with van der Waals surface area (Å²) in [4.78, 5) is 21.2. The summed E-state index contributed by atoms with van der Waals surface area (Å²) in [6.45, 7) is 1.75. The predicted molar refractivity (Wildman–Crippen MR) is 65.0 cm³/mol. The molecule has 1 aliphatic heterocycles. The molecule has 2 aromatic rings. The molecular formula is C10H12N8O. The number of tetrazole rings is 1. The highest BCUT2D eigenvalue weighted by atomic mass is 16.2. The molecule has 0 aliphatic carbocycles. The highest BCUT2D eigenvalue weighted by Crippen LogP contribution is 2.10. The topological polar surface area (TPSA) is 102 Å². The first kappa shape index (κ1) is 11.5. The van der Waals surface area contributed by atoms with Gasteiger partial charge in [0.2, 0.25) is 0 Å². The van der Waals surface area contributed by atoms with Crippen LogP contribution in [0, 0.1) is 0 Å². The van der Waals surface area contributed by atoms with Gasteiger partial charge < -0.3 is 0 Å². The molecule has 3 rings (SSSR count). The average molecular weight is 260 g/mol. The maximum atomic E-state index is 11.9. The smallest absolute Gasteiger partial charge is 0.278 e. The van der Waals surface area contributed by atoms with Crippen LogP contribution in [0.1, 0.15) is 23.3 Å². The molecule has 1 N–H and O–H groups in total. The molecule has 1 aliphatic rings. The molecule has 98 valence electrons. The molecule has 9 heteroatoms. The minimum atomic E-state index is -0.386. The third-order valence-electron chi connectivity index (χ3n) is 2.83. The molecule has 0 unspecified atom stereocenters. The van der Waals surface area contributed by atoms with E-state index in [2.05, 4.69) is 30.8 Å². The van der Waals surface area contributed by atoms with Gasteiger partial charge in [-0.05, 0) is 23.3 Å². The van der Waals surface area contributed by atoms with Crippen LogP contribution < -0.4 is 10.3 Å². The molecule has 0 spiro atoms. The van der Waals surface area contributed by atoms with Crippen LogP contribution in [-0.4, -0.2) is 49.3 Å². The van der Waals surface area contributed by atoms with E-state index in [1.165, 1.54) is 23.4 Å². The molecular weight excluding hydrogens is 248 g/mol. The quantitative estimate of drug-likeness (QED) is 0.789. The van der Waals surface area contributed by atoms with Crippen molar-refractivity contribution in [2.45, 2.75) is 12.8 Å². The Balaban J connectivity index is 1.77. The van der Waals surface area contributed by atoms with Gasteiger partial charge in [0, 0.05) is 25.5 Å². The summed E-state index contributed by atoms with van der Waals surface area (Å²) >= 11 is 0. The molecule has 1 fully saturated rings. The molecule has 0 bridgehead atoms. The Bertz CT molecular complexity index is 562. The van der Waals surface area contributed by atoms with Gasteiger partial charge in [-0.15, -0.1) is 4.79 Å². The highest BCUT2D eigenvalue weighted by Gasteiger charge is 2.19. The summed E-state index contributed by atoms with van der Waals surface area (Å²) in [5.41, 5.74) is 0.221. The number of carbonyl (C=O) groups is 1. The Labute approximate surface area is 108 Å². The molecule has 1 saturated heterocycles. The van der Waals surface area contributed by atoms with E-state index in [9.17, 15) is 4.79 Å². The maximum absolute atomic E-state index is 11.9. The van der Waals surface area contributed by atoms with Crippen molar-refractivity contribution >= 4 is 11.9 Å². The second-order valence-electron chi connectivity index (χ2n) is 4.10. The second-order valence-corrected chi connectivity index (χ2v) is 4.10. The number of rotatable bonds is 3. The van der Waals surface area contributed by atoms with Crippen LogP contribution in [0.4, 0.5) is 5.95 Å². The van der Waals surface area contributed by atoms with Gasteiger partial charge in [0.1, 0.15) is 5.69 Å². The predicted octanol–water partition coefficient (Wildman–Crippen LogP) is -0.553. The summed E-state index contributed by atoms with van der Waals surface area (Å²) in [6.07, 6.45) is 6.54. The Kier molecular flexibility index (Phi) is 3.01. The summed E-state index contributed by atoms with van der Waals surface area (Å²) in [6, 6.07) is 0. The van der Waals surface area contributed by atoms with E-state index < -0.39 is 0 Å². The largest absolute Gasteiger partial charge is 0.292 e. The van der Waals surface area contributed by atoms with E-state index in [0.717, 1.165) is 25.9 Å². The van der Waals surface area contributed by atoms with Crippen LogP contribution in [0.25, 0.3) is 0 Å². The molecule has 0 radical (unpaired) electrons. The number of carbonyl (C=O) groups excluding carboxylic acids is 1. The lowest BCUT2D eigenvalue weighted by atomic mass is 10.4. The lowest BCUT2D eigenvalue weighted by Crippen LogP contribution is -2.34. The second kappa shape index (κ2) is 4.96. The van der Waals surface area contributed by atoms with Gasteiger partial charge in [0.05, 0.1) is 6.20 Å². The Hall–Kier alpha value is -2.58. The van der Waals surface area contributed by atoms with E-state index in [0.29, 0.717) is 0 Å². The van der Waals surface area contributed by atoms with Crippen molar-refractivity contribution < 1.29 is 4.79 Å². The lowest BCUT2D eigenvalue weighted by Gasteiger charge is -2.17. The van der Waals surface area contributed by atoms with E-state index in [-0.39, 0.29) is 17.5 Å². The standard InChI is InChI=1S/C10H12N8O/c19-9(8-7-11-3-4-12-8)13-10-14-15-16-18(10)17-5-1-2-6-17/h3-4,7H,1-2,5-6H2,(H,13,14,16,19). The Morgan fingerprint density at radius 3 is 2.84 bits per heavy atom. The molecule has 2 aromatic heterocycles. The fourth-order valence-corrected chi connectivity index (χ4v) is 1.92. The number of hydrogen-bond acceptors (Lipinski definition) is 7. The van der Waals surface area contributed by atoms with Gasteiger partial charge in [-0.3, -0.25) is 20.1 Å². The number of anilines is 1. The van der Waals surface area contributed by atoms with Gasteiger partial charge in [0.25, 0.3) is 11.9 Å². The van der Waals surface area contributed by atoms with Crippen molar-refractivity contribution in [1.82, 2.24) is 30.3 Å². The molecule has 0 atom stereocenters. The zero-order valence-corrected chi connectivity index (χ0v) is 10.1. The Morgan fingerprint density at radius 2 is 2.11 bits per heavy atom. The molecule has 0 aromatic carbocycles. The first-order valence-electron chi connectivity index (χ1n) is 5.95. The SMILES string of the molecule is O=C(Nc1nnnn1N1CCCC1)c1cnccn1. The maximum Gasteiger partial charge on any atom is 0.278 e. The van der Waals surface area contributed by atoms with Crippen molar-refractivity contribution in [3.8, 4) is 0 Å². The molecule has 0 saturated carbocycles. The number of aromatic nitrogens is 6. The minimum absolute atomic E-state index is 0.221. The fraction of sp³-hybridized carbons (Fsp3) is 0.400. The van der Waals surface area contributed by atoms with E-state index in [1.807, 2.05) is 5.01 Å². The zero-order chi connectivity index (χ0) is 13.1. The zero-order valence-electron chi connectivity index (χ0n) is 10.1. The van der Waals surface area contributed by atoms with Crippen LogP contribution in [0.2, 0.25) is 0 Å². The number of hydrogen-bond donors (Lipinski definition) is 1. The molecule has 9 nitrogen and oxygen atoms in total. The number of amides is 1. The van der Waals surface area contributed by atoms with Crippen LogP contribution in [-0.2, 0) is 0 Å². The Morgan fingerprint density at radius 1 is 1.26 bits per heavy atom. The molecule has 3 heterocycles. The minimum Gasteiger partial charge on any atom is -0.292 e. The van der Waals surface area contributed by atoms with Crippen molar-refractivity contribution in [2.24, 2.45) is 0 Å². The van der Waals surface area contributed by atoms with E-state index in [4.69, 9.17) is 0 Å². The first-order valence-corrected chi connectivity index (χ1v) is 5.95. The summed E-state index contributed by atoms with van der Waals surface area (Å²) in [5, 5.41) is 15.9. The van der Waals surface area contributed by atoms with Crippen LogP contribution in [0.5, 0.6) is 0 Å². The third-order valence-corrected chi connectivity index (χ3v) is 2.83. The van der Waals surface area contributed by atoms with Crippen LogP contribution in [0.15, 0.2) is 18.6 Å². The summed E-state index contributed by atoms with van der Waals surface area (Å²) in [7, 11) is 0. The normalized spacial score (nSPS) is 14.6. The van der Waals surface area contributed by atoms with Crippen LogP contribution in [0.3, 0.4) is 0 Å². The van der Waals surface area contributed by atoms with Gasteiger partial charge >= 0.3 is 0 Å².